The molecule has 1 aromatic carbocycles. The average Bonchev–Trinajstić information content (AvgIpc) is 3.34. The number of thiophene rings is 1. The maximum absolute atomic E-state index is 12.0. The third kappa shape index (κ3) is 4.14. The summed E-state index contributed by atoms with van der Waals surface area (Å²) in [4.78, 5) is 19.1. The van der Waals surface area contributed by atoms with Crippen LogP contribution in [0.25, 0.3) is 16.3 Å². The predicted molar refractivity (Wildman–Crippen MR) is 111 cm³/mol. The fourth-order valence-corrected chi connectivity index (χ4v) is 4.82. The number of para-hydroxylation sites is 1. The quantitative estimate of drug-likeness (QED) is 0.664. The second-order valence-corrected chi connectivity index (χ2v) is 8.32. The smallest absolute Gasteiger partial charge is 0.244 e. The van der Waals surface area contributed by atoms with E-state index in [2.05, 4.69) is 28.4 Å². The zero-order valence-electron chi connectivity index (χ0n) is 14.4. The molecule has 0 bridgehead atoms. The van der Waals surface area contributed by atoms with E-state index in [-0.39, 0.29) is 5.91 Å². The Balaban J connectivity index is 1.25. The first-order valence-corrected chi connectivity index (χ1v) is 10.6. The summed E-state index contributed by atoms with van der Waals surface area (Å²) in [6, 6.07) is 10.3. The summed E-state index contributed by atoms with van der Waals surface area (Å²) in [7, 11) is 0. The van der Waals surface area contributed by atoms with E-state index in [4.69, 9.17) is 4.98 Å². The second-order valence-electron chi connectivity index (χ2n) is 6.53. The Kier molecular flexibility index (Phi) is 5.32. The molecular weight excluding hydrogens is 362 g/mol. The van der Waals surface area contributed by atoms with Gasteiger partial charge in [-0.2, -0.15) is 11.3 Å². The monoisotopic (exact) mass is 383 g/mol. The van der Waals surface area contributed by atoms with Crippen LogP contribution < -0.4 is 10.2 Å². The van der Waals surface area contributed by atoms with Gasteiger partial charge in [0, 0.05) is 25.7 Å². The fraction of sp³-hybridized carbons (Fsp3) is 0.300. The van der Waals surface area contributed by atoms with E-state index in [0.29, 0.717) is 5.92 Å². The third-order valence-electron chi connectivity index (χ3n) is 4.70. The predicted octanol–water partition coefficient (Wildman–Crippen LogP) is 4.40. The van der Waals surface area contributed by atoms with Gasteiger partial charge < -0.3 is 10.2 Å². The lowest BCUT2D eigenvalue weighted by Gasteiger charge is -2.31. The average molecular weight is 384 g/mol. The lowest BCUT2D eigenvalue weighted by atomic mass is 9.97. The number of carbonyl (C=O) groups is 1. The standard InChI is InChI=1S/C20H21N3OS2/c24-19(6-5-16-9-12-25-14-16)21-13-15-7-10-23(11-8-15)20-22-17-3-1-2-4-18(17)26-20/h1-6,9,12,14-15H,7-8,10-11,13H2,(H,21,24). The van der Waals surface area contributed by atoms with Crippen molar-refractivity contribution >= 4 is 50.0 Å². The largest absolute Gasteiger partial charge is 0.352 e. The van der Waals surface area contributed by atoms with Gasteiger partial charge in [0.15, 0.2) is 5.13 Å². The van der Waals surface area contributed by atoms with Crippen LogP contribution in [0.15, 0.2) is 47.2 Å². The Hall–Kier alpha value is -2.18. The topological polar surface area (TPSA) is 45.2 Å². The highest BCUT2D eigenvalue weighted by molar-refractivity contribution is 7.22. The molecule has 4 rings (SSSR count). The molecule has 0 spiro atoms. The fourth-order valence-electron chi connectivity index (χ4n) is 3.17. The number of anilines is 1. The van der Waals surface area contributed by atoms with Gasteiger partial charge in [0.1, 0.15) is 0 Å². The number of amides is 1. The van der Waals surface area contributed by atoms with E-state index in [1.807, 2.05) is 29.0 Å². The van der Waals surface area contributed by atoms with Gasteiger partial charge in [-0.1, -0.05) is 23.5 Å². The number of rotatable bonds is 5. The van der Waals surface area contributed by atoms with Gasteiger partial charge in [0.25, 0.3) is 0 Å². The van der Waals surface area contributed by atoms with Gasteiger partial charge in [0.2, 0.25) is 5.91 Å². The van der Waals surface area contributed by atoms with Crippen LogP contribution in [0, 0.1) is 5.92 Å². The number of aromatic nitrogens is 1. The Bertz CT molecular complexity index is 860. The Labute approximate surface area is 161 Å². The van der Waals surface area contributed by atoms with Crippen LogP contribution in [0.1, 0.15) is 18.4 Å². The van der Waals surface area contributed by atoms with E-state index in [1.54, 1.807) is 28.7 Å². The van der Waals surface area contributed by atoms with Crippen LogP contribution in [-0.4, -0.2) is 30.5 Å². The van der Waals surface area contributed by atoms with Gasteiger partial charge in [-0.25, -0.2) is 4.98 Å². The van der Waals surface area contributed by atoms with Crippen LogP contribution in [0.4, 0.5) is 5.13 Å². The van der Waals surface area contributed by atoms with Gasteiger partial charge in [-0.05, 0) is 59.4 Å². The van der Waals surface area contributed by atoms with Crippen LogP contribution in [-0.2, 0) is 4.79 Å². The summed E-state index contributed by atoms with van der Waals surface area (Å²) in [5.41, 5.74) is 2.16. The first-order valence-electron chi connectivity index (χ1n) is 8.86. The zero-order chi connectivity index (χ0) is 17.8. The minimum absolute atomic E-state index is 0.00944. The van der Waals surface area contributed by atoms with E-state index < -0.39 is 0 Å². The molecule has 2 aromatic heterocycles. The molecule has 1 fully saturated rings. The summed E-state index contributed by atoms with van der Waals surface area (Å²) in [6.45, 7) is 2.76. The van der Waals surface area contributed by atoms with Gasteiger partial charge in [-0.3, -0.25) is 4.79 Å². The third-order valence-corrected chi connectivity index (χ3v) is 6.50. The maximum atomic E-state index is 12.0. The molecule has 134 valence electrons. The summed E-state index contributed by atoms with van der Waals surface area (Å²) in [6.07, 6.45) is 5.66. The lowest BCUT2D eigenvalue weighted by Crippen LogP contribution is -2.38. The number of nitrogens with zero attached hydrogens (tertiary/aromatic N) is 2. The molecule has 3 heterocycles. The number of benzene rings is 1. The number of nitrogens with one attached hydrogen (secondary N) is 1. The number of hydrogen-bond acceptors (Lipinski definition) is 5. The minimum atomic E-state index is -0.00944. The lowest BCUT2D eigenvalue weighted by molar-refractivity contribution is -0.116. The molecule has 1 saturated heterocycles. The van der Waals surface area contributed by atoms with Gasteiger partial charge >= 0.3 is 0 Å². The van der Waals surface area contributed by atoms with Crippen molar-refractivity contribution in [2.45, 2.75) is 12.8 Å². The van der Waals surface area contributed by atoms with Crippen molar-refractivity contribution < 1.29 is 4.79 Å². The van der Waals surface area contributed by atoms with Crippen LogP contribution in [0.3, 0.4) is 0 Å². The number of fused-ring (bicyclic) bond motifs is 1. The summed E-state index contributed by atoms with van der Waals surface area (Å²) >= 11 is 3.40. The van der Waals surface area contributed by atoms with Gasteiger partial charge in [0.05, 0.1) is 10.2 Å². The normalized spacial score (nSPS) is 15.8. The molecule has 0 radical (unpaired) electrons. The number of piperidine rings is 1. The summed E-state index contributed by atoms with van der Waals surface area (Å²) in [5, 5.41) is 8.19. The zero-order valence-corrected chi connectivity index (χ0v) is 16.1. The second kappa shape index (κ2) is 8.01. The molecule has 1 aliphatic rings. The Morgan fingerprint density at radius 1 is 1.27 bits per heavy atom. The van der Waals surface area contributed by atoms with Crippen molar-refractivity contribution in [2.75, 3.05) is 24.5 Å². The van der Waals surface area contributed by atoms with Crippen molar-refractivity contribution in [1.29, 1.82) is 0 Å². The highest BCUT2D eigenvalue weighted by atomic mass is 32.1. The summed E-state index contributed by atoms with van der Waals surface area (Å²) < 4.78 is 1.24. The van der Waals surface area contributed by atoms with E-state index >= 15 is 0 Å². The highest BCUT2D eigenvalue weighted by Crippen LogP contribution is 2.31. The number of hydrogen-bond donors (Lipinski definition) is 1. The molecule has 3 aromatic rings. The summed E-state index contributed by atoms with van der Waals surface area (Å²) in [5.74, 6) is 0.531. The van der Waals surface area contributed by atoms with Crippen molar-refractivity contribution in [3.05, 3.63) is 52.7 Å². The first-order chi connectivity index (χ1) is 12.8. The molecule has 6 heteroatoms. The van der Waals surface area contributed by atoms with Crippen LogP contribution in [0.5, 0.6) is 0 Å². The molecular formula is C20H21N3OS2. The molecule has 26 heavy (non-hydrogen) atoms. The molecule has 1 amide bonds. The van der Waals surface area contributed by atoms with Crippen molar-refractivity contribution in [3.63, 3.8) is 0 Å². The van der Waals surface area contributed by atoms with Gasteiger partial charge in [-0.15, -0.1) is 0 Å². The van der Waals surface area contributed by atoms with Crippen LogP contribution in [0.2, 0.25) is 0 Å². The van der Waals surface area contributed by atoms with Crippen molar-refractivity contribution in [2.24, 2.45) is 5.92 Å². The molecule has 0 unspecified atom stereocenters. The van der Waals surface area contributed by atoms with E-state index in [9.17, 15) is 4.79 Å². The first kappa shape index (κ1) is 17.2. The highest BCUT2D eigenvalue weighted by Gasteiger charge is 2.21. The maximum Gasteiger partial charge on any atom is 0.244 e. The molecule has 4 nitrogen and oxygen atoms in total. The molecule has 1 aliphatic heterocycles. The minimum Gasteiger partial charge on any atom is -0.352 e. The van der Waals surface area contributed by atoms with Crippen LogP contribution >= 0.6 is 22.7 Å². The van der Waals surface area contributed by atoms with Crippen molar-refractivity contribution in [1.82, 2.24) is 10.3 Å². The number of carbonyl (C=O) groups excluding carboxylic acids is 1. The van der Waals surface area contributed by atoms with E-state index in [1.165, 1.54) is 4.70 Å². The Morgan fingerprint density at radius 2 is 2.12 bits per heavy atom. The Morgan fingerprint density at radius 3 is 2.88 bits per heavy atom. The molecule has 1 N–H and O–H groups in total. The molecule has 0 atom stereocenters. The number of thiazole rings is 1. The SMILES string of the molecule is O=C(C=Cc1ccsc1)NCC1CCN(c2nc3ccccc3s2)CC1. The molecule has 0 saturated carbocycles. The van der Waals surface area contributed by atoms with Crippen molar-refractivity contribution in [3.8, 4) is 0 Å². The molecule has 0 aliphatic carbocycles. The van der Waals surface area contributed by atoms with E-state index in [0.717, 1.165) is 48.7 Å².